The van der Waals surface area contributed by atoms with Crippen LogP contribution in [0, 0.1) is 0 Å². The van der Waals surface area contributed by atoms with E-state index < -0.39 is 0 Å². The van der Waals surface area contributed by atoms with Crippen LogP contribution in [-0.4, -0.2) is 54.1 Å². The molecule has 2 aromatic rings. The molecule has 2 rings (SSSR count). The molecule has 0 unspecified atom stereocenters. The Kier molecular flexibility index (Phi) is 7.05. The standard InChI is InChI=1S/C20H30N2O3/c1-20(2,16-23)22(11-12-24-3)15-18-8-6-10-21(18)14-17-7-5-9-19(13-17)25-4/h5-10,13,23H,11-12,14-16H2,1-4H3. The van der Waals surface area contributed by atoms with E-state index in [4.69, 9.17) is 9.47 Å². The Balaban J connectivity index is 2.15. The fourth-order valence-electron chi connectivity index (χ4n) is 2.81. The molecule has 0 bridgehead atoms. The van der Waals surface area contributed by atoms with E-state index in [2.05, 4.69) is 53.8 Å². The van der Waals surface area contributed by atoms with Crippen molar-refractivity contribution in [2.24, 2.45) is 0 Å². The molecule has 1 heterocycles. The third-order valence-electron chi connectivity index (χ3n) is 4.57. The first kappa shape index (κ1) is 19.5. The molecule has 0 radical (unpaired) electrons. The average molecular weight is 346 g/mol. The molecule has 1 aromatic carbocycles. The van der Waals surface area contributed by atoms with Crippen molar-refractivity contribution in [1.29, 1.82) is 0 Å². The summed E-state index contributed by atoms with van der Waals surface area (Å²) in [6.45, 7) is 7.17. The topological polar surface area (TPSA) is 46.9 Å². The van der Waals surface area contributed by atoms with E-state index in [0.29, 0.717) is 6.61 Å². The van der Waals surface area contributed by atoms with Crippen LogP contribution in [0.5, 0.6) is 5.75 Å². The van der Waals surface area contributed by atoms with Gasteiger partial charge in [0.25, 0.3) is 0 Å². The summed E-state index contributed by atoms with van der Waals surface area (Å²) in [7, 11) is 3.39. The Morgan fingerprint density at radius 1 is 1.16 bits per heavy atom. The molecular formula is C20H30N2O3. The lowest BCUT2D eigenvalue weighted by molar-refractivity contribution is 0.0284. The minimum Gasteiger partial charge on any atom is -0.497 e. The van der Waals surface area contributed by atoms with Crippen molar-refractivity contribution in [3.8, 4) is 5.75 Å². The van der Waals surface area contributed by atoms with Crippen molar-refractivity contribution < 1.29 is 14.6 Å². The molecule has 5 nitrogen and oxygen atoms in total. The van der Waals surface area contributed by atoms with Crippen LogP contribution in [0.15, 0.2) is 42.6 Å². The van der Waals surface area contributed by atoms with E-state index >= 15 is 0 Å². The van der Waals surface area contributed by atoms with Gasteiger partial charge < -0.3 is 19.1 Å². The molecule has 0 aliphatic heterocycles. The molecule has 0 saturated heterocycles. The Bertz CT molecular complexity index is 652. The number of hydrogen-bond acceptors (Lipinski definition) is 4. The third-order valence-corrected chi connectivity index (χ3v) is 4.57. The zero-order chi connectivity index (χ0) is 18.3. The molecular weight excluding hydrogens is 316 g/mol. The van der Waals surface area contributed by atoms with Gasteiger partial charge in [-0.1, -0.05) is 12.1 Å². The van der Waals surface area contributed by atoms with Crippen molar-refractivity contribution in [2.75, 3.05) is 34.0 Å². The number of aliphatic hydroxyl groups is 1. The molecule has 138 valence electrons. The lowest BCUT2D eigenvalue weighted by Gasteiger charge is -2.37. The Morgan fingerprint density at radius 2 is 1.96 bits per heavy atom. The number of aliphatic hydroxyl groups excluding tert-OH is 1. The predicted molar refractivity (Wildman–Crippen MR) is 100.0 cm³/mol. The molecule has 0 fully saturated rings. The molecule has 5 heteroatoms. The highest BCUT2D eigenvalue weighted by Crippen LogP contribution is 2.19. The van der Waals surface area contributed by atoms with Crippen molar-refractivity contribution in [1.82, 2.24) is 9.47 Å². The number of methoxy groups -OCH3 is 2. The van der Waals surface area contributed by atoms with Crippen LogP contribution in [0.1, 0.15) is 25.1 Å². The van der Waals surface area contributed by atoms with Gasteiger partial charge in [-0.25, -0.2) is 0 Å². The van der Waals surface area contributed by atoms with E-state index in [9.17, 15) is 5.11 Å². The quantitative estimate of drug-likeness (QED) is 0.719. The van der Waals surface area contributed by atoms with Crippen LogP contribution < -0.4 is 4.74 Å². The largest absolute Gasteiger partial charge is 0.497 e. The summed E-state index contributed by atoms with van der Waals surface area (Å²) >= 11 is 0. The molecule has 1 aromatic heterocycles. The second-order valence-corrected chi connectivity index (χ2v) is 6.86. The third kappa shape index (κ3) is 5.33. The predicted octanol–water partition coefficient (Wildman–Crippen LogP) is 2.76. The van der Waals surface area contributed by atoms with E-state index in [1.807, 2.05) is 12.1 Å². The Morgan fingerprint density at radius 3 is 2.64 bits per heavy atom. The molecule has 1 N–H and O–H groups in total. The summed E-state index contributed by atoms with van der Waals surface area (Å²) in [4.78, 5) is 2.26. The van der Waals surface area contributed by atoms with Gasteiger partial charge in [-0.05, 0) is 43.7 Å². The maximum atomic E-state index is 9.75. The van der Waals surface area contributed by atoms with Gasteiger partial charge >= 0.3 is 0 Å². The molecule has 0 amide bonds. The first-order valence-electron chi connectivity index (χ1n) is 8.62. The average Bonchev–Trinajstić information content (AvgIpc) is 3.05. The van der Waals surface area contributed by atoms with E-state index in [1.165, 1.54) is 11.3 Å². The molecule has 0 spiro atoms. The van der Waals surface area contributed by atoms with Gasteiger partial charge in [0.1, 0.15) is 5.75 Å². The minimum atomic E-state index is -0.302. The molecule has 0 aliphatic carbocycles. The number of rotatable bonds is 10. The van der Waals surface area contributed by atoms with Crippen LogP contribution in [0.3, 0.4) is 0 Å². The van der Waals surface area contributed by atoms with Crippen molar-refractivity contribution in [3.05, 3.63) is 53.9 Å². The van der Waals surface area contributed by atoms with Crippen molar-refractivity contribution in [2.45, 2.75) is 32.5 Å². The van der Waals surface area contributed by atoms with Crippen molar-refractivity contribution in [3.63, 3.8) is 0 Å². The molecule has 0 saturated carbocycles. The zero-order valence-corrected chi connectivity index (χ0v) is 15.7. The number of ether oxygens (including phenoxy) is 2. The van der Waals surface area contributed by atoms with Crippen LogP contribution in [-0.2, 0) is 17.8 Å². The van der Waals surface area contributed by atoms with Gasteiger partial charge in [0.2, 0.25) is 0 Å². The molecule has 0 aliphatic rings. The number of benzene rings is 1. The highest BCUT2D eigenvalue weighted by molar-refractivity contribution is 5.29. The second-order valence-electron chi connectivity index (χ2n) is 6.86. The van der Waals surface area contributed by atoms with E-state index in [-0.39, 0.29) is 12.1 Å². The lowest BCUT2D eigenvalue weighted by atomic mass is 10.0. The van der Waals surface area contributed by atoms with Crippen LogP contribution >= 0.6 is 0 Å². The van der Waals surface area contributed by atoms with E-state index in [1.54, 1.807) is 14.2 Å². The normalized spacial score (nSPS) is 11.9. The maximum Gasteiger partial charge on any atom is 0.119 e. The second kappa shape index (κ2) is 9.04. The number of nitrogens with zero attached hydrogens (tertiary/aromatic N) is 2. The highest BCUT2D eigenvalue weighted by Gasteiger charge is 2.26. The first-order chi connectivity index (χ1) is 12.0. The fraction of sp³-hybridized carbons (Fsp3) is 0.500. The summed E-state index contributed by atoms with van der Waals surface area (Å²) in [6.07, 6.45) is 2.09. The van der Waals surface area contributed by atoms with E-state index in [0.717, 1.165) is 25.4 Å². The first-order valence-corrected chi connectivity index (χ1v) is 8.62. The van der Waals surface area contributed by atoms with Crippen LogP contribution in [0.25, 0.3) is 0 Å². The van der Waals surface area contributed by atoms with Gasteiger partial charge in [0.05, 0.1) is 20.3 Å². The minimum absolute atomic E-state index is 0.104. The fourth-order valence-corrected chi connectivity index (χ4v) is 2.81. The molecule has 25 heavy (non-hydrogen) atoms. The summed E-state index contributed by atoms with van der Waals surface area (Å²) in [5, 5.41) is 9.75. The van der Waals surface area contributed by atoms with Crippen LogP contribution in [0.4, 0.5) is 0 Å². The summed E-state index contributed by atoms with van der Waals surface area (Å²) in [5.74, 6) is 0.870. The van der Waals surface area contributed by atoms with Crippen LogP contribution in [0.2, 0.25) is 0 Å². The Labute approximate surface area is 150 Å². The van der Waals surface area contributed by atoms with Gasteiger partial charge in [-0.2, -0.15) is 0 Å². The smallest absolute Gasteiger partial charge is 0.119 e. The number of aromatic nitrogens is 1. The summed E-state index contributed by atoms with van der Waals surface area (Å²) < 4.78 is 12.8. The molecule has 0 atom stereocenters. The lowest BCUT2D eigenvalue weighted by Crippen LogP contribution is -2.48. The monoisotopic (exact) mass is 346 g/mol. The summed E-state index contributed by atoms with van der Waals surface area (Å²) in [5.41, 5.74) is 2.10. The SMILES string of the molecule is COCCN(Cc1cccn1Cc1cccc(OC)c1)C(C)(C)CO. The maximum absolute atomic E-state index is 9.75. The Hall–Kier alpha value is -1.82. The van der Waals surface area contributed by atoms with Gasteiger partial charge in [0.15, 0.2) is 0 Å². The highest BCUT2D eigenvalue weighted by atomic mass is 16.5. The number of hydrogen-bond donors (Lipinski definition) is 1. The van der Waals surface area contributed by atoms with Gasteiger partial charge in [-0.15, -0.1) is 0 Å². The zero-order valence-electron chi connectivity index (χ0n) is 15.7. The van der Waals surface area contributed by atoms with Crippen molar-refractivity contribution >= 4 is 0 Å². The van der Waals surface area contributed by atoms with Gasteiger partial charge in [0, 0.05) is 44.2 Å². The van der Waals surface area contributed by atoms with Gasteiger partial charge in [-0.3, -0.25) is 4.90 Å². The summed E-state index contributed by atoms with van der Waals surface area (Å²) in [6, 6.07) is 12.3.